The smallest absolute Gasteiger partial charge is 0.327 e. The standard InChI is InChI=1S/C11H14N2O3S2/c1-3-8-13(7(4-17-8)11(15)16)10(14)9-6(2)12-5-18-9/h5,7-8H,3-4H2,1-2H3,(H,15,16). The fraction of sp³-hybridized carbons (Fsp3) is 0.545. The summed E-state index contributed by atoms with van der Waals surface area (Å²) in [4.78, 5) is 29.7. The number of carbonyl (C=O) groups is 2. The van der Waals surface area contributed by atoms with E-state index in [-0.39, 0.29) is 11.3 Å². The van der Waals surface area contributed by atoms with Crippen molar-refractivity contribution >= 4 is 35.0 Å². The molecule has 1 aromatic rings. The van der Waals surface area contributed by atoms with Crippen LogP contribution in [-0.4, -0.2) is 44.0 Å². The van der Waals surface area contributed by atoms with Gasteiger partial charge in [0.15, 0.2) is 0 Å². The molecule has 18 heavy (non-hydrogen) atoms. The SMILES string of the molecule is CCC1SCC(C(=O)O)N1C(=O)c1scnc1C. The fourth-order valence-electron chi connectivity index (χ4n) is 1.97. The van der Waals surface area contributed by atoms with Gasteiger partial charge in [-0.25, -0.2) is 9.78 Å². The summed E-state index contributed by atoms with van der Waals surface area (Å²) in [5.41, 5.74) is 2.28. The lowest BCUT2D eigenvalue weighted by molar-refractivity contribution is -0.141. The molecule has 98 valence electrons. The minimum Gasteiger partial charge on any atom is -0.480 e. The molecular formula is C11H14N2O3S2. The zero-order valence-electron chi connectivity index (χ0n) is 10.1. The molecule has 5 nitrogen and oxygen atoms in total. The second kappa shape index (κ2) is 5.27. The van der Waals surface area contributed by atoms with Gasteiger partial charge < -0.3 is 10.0 Å². The summed E-state index contributed by atoms with van der Waals surface area (Å²) in [6, 6.07) is -0.728. The average molecular weight is 286 g/mol. The van der Waals surface area contributed by atoms with Crippen molar-refractivity contribution in [3.05, 3.63) is 16.1 Å². The molecule has 7 heteroatoms. The van der Waals surface area contributed by atoms with Crippen molar-refractivity contribution in [2.75, 3.05) is 5.75 Å². The number of carboxylic acid groups (broad SMARTS) is 1. The normalized spacial score (nSPS) is 23.3. The molecule has 2 atom stereocenters. The third-order valence-corrected chi connectivity index (χ3v) is 5.27. The Labute approximate surface area is 113 Å². The molecule has 0 bridgehead atoms. The summed E-state index contributed by atoms with van der Waals surface area (Å²) in [6.07, 6.45) is 0.748. The van der Waals surface area contributed by atoms with Gasteiger partial charge in [0.2, 0.25) is 0 Å². The van der Waals surface area contributed by atoms with Crippen LogP contribution >= 0.6 is 23.1 Å². The van der Waals surface area contributed by atoms with Crippen LogP contribution < -0.4 is 0 Å². The summed E-state index contributed by atoms with van der Waals surface area (Å²) in [7, 11) is 0. The van der Waals surface area contributed by atoms with E-state index in [0.717, 1.165) is 6.42 Å². The Kier molecular flexibility index (Phi) is 3.91. The van der Waals surface area contributed by atoms with Crippen molar-refractivity contribution < 1.29 is 14.7 Å². The monoisotopic (exact) mass is 286 g/mol. The van der Waals surface area contributed by atoms with Gasteiger partial charge in [0.1, 0.15) is 10.9 Å². The molecule has 0 aliphatic carbocycles. The van der Waals surface area contributed by atoms with Crippen LogP contribution in [0.2, 0.25) is 0 Å². The number of hydrogen-bond donors (Lipinski definition) is 1. The van der Waals surface area contributed by atoms with E-state index in [1.54, 1.807) is 12.4 Å². The molecule has 0 spiro atoms. The molecule has 2 heterocycles. The number of aryl methyl sites for hydroxylation is 1. The van der Waals surface area contributed by atoms with Crippen LogP contribution in [0.1, 0.15) is 28.7 Å². The molecule has 1 amide bonds. The Morgan fingerprint density at radius 2 is 2.33 bits per heavy atom. The van der Waals surface area contributed by atoms with Gasteiger partial charge >= 0.3 is 5.97 Å². The number of nitrogens with zero attached hydrogens (tertiary/aromatic N) is 2. The van der Waals surface area contributed by atoms with Gasteiger partial charge in [-0.15, -0.1) is 23.1 Å². The lowest BCUT2D eigenvalue weighted by Crippen LogP contribution is -2.45. The maximum Gasteiger partial charge on any atom is 0.327 e. The molecule has 2 rings (SSSR count). The highest BCUT2D eigenvalue weighted by Crippen LogP contribution is 2.33. The second-order valence-electron chi connectivity index (χ2n) is 4.03. The molecule has 0 radical (unpaired) electrons. The van der Waals surface area contributed by atoms with Crippen LogP contribution in [0, 0.1) is 6.92 Å². The van der Waals surface area contributed by atoms with Crippen LogP contribution in [0.3, 0.4) is 0 Å². The maximum absolute atomic E-state index is 12.4. The third kappa shape index (κ3) is 2.24. The number of thiazole rings is 1. The lowest BCUT2D eigenvalue weighted by atomic mass is 10.2. The van der Waals surface area contributed by atoms with Crippen LogP contribution in [-0.2, 0) is 4.79 Å². The first-order valence-corrected chi connectivity index (χ1v) is 7.56. The van der Waals surface area contributed by atoms with E-state index in [2.05, 4.69) is 4.98 Å². The Morgan fingerprint density at radius 1 is 1.61 bits per heavy atom. The van der Waals surface area contributed by atoms with E-state index in [4.69, 9.17) is 0 Å². The highest BCUT2D eigenvalue weighted by Gasteiger charge is 2.41. The number of aromatic nitrogens is 1. The molecule has 2 unspecified atom stereocenters. The number of carbonyl (C=O) groups excluding carboxylic acids is 1. The van der Waals surface area contributed by atoms with Crippen molar-refractivity contribution in [3.8, 4) is 0 Å². The molecule has 1 fully saturated rings. The topological polar surface area (TPSA) is 70.5 Å². The van der Waals surface area contributed by atoms with Gasteiger partial charge in [0, 0.05) is 5.75 Å². The fourth-order valence-corrected chi connectivity index (χ4v) is 4.06. The van der Waals surface area contributed by atoms with E-state index >= 15 is 0 Å². The zero-order chi connectivity index (χ0) is 13.3. The van der Waals surface area contributed by atoms with Gasteiger partial charge in [-0.2, -0.15) is 0 Å². The third-order valence-electron chi connectivity index (χ3n) is 2.90. The molecule has 1 aliphatic rings. The Morgan fingerprint density at radius 3 is 2.83 bits per heavy atom. The summed E-state index contributed by atoms with van der Waals surface area (Å²) in [6.45, 7) is 3.73. The van der Waals surface area contributed by atoms with Crippen LogP contribution in [0.5, 0.6) is 0 Å². The van der Waals surface area contributed by atoms with Crippen molar-refractivity contribution in [3.63, 3.8) is 0 Å². The quantitative estimate of drug-likeness (QED) is 0.918. The summed E-state index contributed by atoms with van der Waals surface area (Å²) < 4.78 is 0. The minimum atomic E-state index is -0.936. The van der Waals surface area contributed by atoms with E-state index in [0.29, 0.717) is 16.3 Å². The largest absolute Gasteiger partial charge is 0.480 e. The van der Waals surface area contributed by atoms with Gasteiger partial charge in [-0.1, -0.05) is 6.92 Å². The molecular weight excluding hydrogens is 272 g/mol. The number of rotatable bonds is 3. The number of amides is 1. The van der Waals surface area contributed by atoms with E-state index in [1.165, 1.54) is 28.0 Å². The molecule has 1 saturated heterocycles. The molecule has 1 aliphatic heterocycles. The predicted molar refractivity (Wildman–Crippen MR) is 71.0 cm³/mol. The van der Waals surface area contributed by atoms with Crippen LogP contribution in [0.15, 0.2) is 5.51 Å². The predicted octanol–water partition coefficient (Wildman–Crippen LogP) is 1.83. The number of aliphatic carboxylic acids is 1. The molecule has 0 saturated carbocycles. The van der Waals surface area contributed by atoms with Gasteiger partial charge in [-0.05, 0) is 13.3 Å². The second-order valence-corrected chi connectivity index (χ2v) is 6.10. The average Bonchev–Trinajstić information content (AvgIpc) is 2.93. The number of thioether (sulfide) groups is 1. The first-order chi connectivity index (χ1) is 8.56. The van der Waals surface area contributed by atoms with Gasteiger partial charge in [0.25, 0.3) is 5.91 Å². The Bertz CT molecular complexity index is 475. The van der Waals surface area contributed by atoms with Crippen LogP contribution in [0.25, 0.3) is 0 Å². The Hall–Kier alpha value is -1.08. The van der Waals surface area contributed by atoms with E-state index in [9.17, 15) is 14.7 Å². The highest BCUT2D eigenvalue weighted by atomic mass is 32.2. The highest BCUT2D eigenvalue weighted by molar-refractivity contribution is 8.00. The van der Waals surface area contributed by atoms with Crippen LogP contribution in [0.4, 0.5) is 0 Å². The molecule has 1 aromatic heterocycles. The summed E-state index contributed by atoms with van der Waals surface area (Å²) in [5.74, 6) is -0.689. The first-order valence-electron chi connectivity index (χ1n) is 5.63. The van der Waals surface area contributed by atoms with Crippen molar-refractivity contribution in [2.24, 2.45) is 0 Å². The van der Waals surface area contributed by atoms with Gasteiger partial charge in [-0.3, -0.25) is 4.79 Å². The van der Waals surface area contributed by atoms with Crippen molar-refractivity contribution in [1.82, 2.24) is 9.88 Å². The summed E-state index contributed by atoms with van der Waals surface area (Å²) >= 11 is 2.79. The lowest BCUT2D eigenvalue weighted by Gasteiger charge is -2.26. The molecule has 0 aromatic carbocycles. The van der Waals surface area contributed by atoms with E-state index < -0.39 is 12.0 Å². The van der Waals surface area contributed by atoms with E-state index in [1.807, 2.05) is 6.92 Å². The molecule has 1 N–H and O–H groups in total. The Balaban J connectivity index is 2.30. The summed E-state index contributed by atoms with van der Waals surface area (Å²) in [5, 5.41) is 9.14. The minimum absolute atomic E-state index is 0.0555. The van der Waals surface area contributed by atoms with Crippen molar-refractivity contribution in [1.29, 1.82) is 0 Å². The van der Waals surface area contributed by atoms with Crippen molar-refractivity contribution in [2.45, 2.75) is 31.7 Å². The first kappa shape index (κ1) is 13.4. The zero-order valence-corrected chi connectivity index (χ0v) is 11.8. The maximum atomic E-state index is 12.4. The number of hydrogen-bond acceptors (Lipinski definition) is 5. The number of carboxylic acids is 1. The van der Waals surface area contributed by atoms with Gasteiger partial charge in [0.05, 0.1) is 16.6 Å².